The largest absolute Gasteiger partial charge is 0.481 e. The average molecular weight is 249 g/mol. The summed E-state index contributed by atoms with van der Waals surface area (Å²) in [5.41, 5.74) is 0.698. The summed E-state index contributed by atoms with van der Waals surface area (Å²) < 4.78 is 4.93. The van der Waals surface area contributed by atoms with Crippen LogP contribution in [-0.4, -0.2) is 27.2 Å². The Balaban J connectivity index is 2.20. The normalized spacial score (nSPS) is 10.1. The van der Waals surface area contributed by atoms with Crippen LogP contribution in [0.3, 0.4) is 0 Å². The van der Waals surface area contributed by atoms with Crippen LogP contribution >= 0.6 is 0 Å². The summed E-state index contributed by atoms with van der Waals surface area (Å²) in [6.45, 7) is 0.362. The predicted molar refractivity (Wildman–Crippen MR) is 63.4 cm³/mol. The van der Waals surface area contributed by atoms with E-state index >= 15 is 0 Å². The molecule has 0 aliphatic carbocycles. The molecule has 0 atom stereocenters. The van der Waals surface area contributed by atoms with E-state index in [2.05, 4.69) is 20.5 Å². The molecule has 0 bridgehead atoms. The highest BCUT2D eigenvalue weighted by Crippen LogP contribution is 2.25. The number of nitrogens with zero attached hydrogens (tertiary/aromatic N) is 3. The Morgan fingerprint density at radius 1 is 1.50 bits per heavy atom. The van der Waals surface area contributed by atoms with Crippen LogP contribution < -0.4 is 10.1 Å². The van der Waals surface area contributed by atoms with Gasteiger partial charge in [0.15, 0.2) is 0 Å². The third kappa shape index (κ3) is 2.54. The van der Waals surface area contributed by atoms with Gasteiger partial charge in [-0.15, -0.1) is 0 Å². The average Bonchev–Trinajstić information content (AvgIpc) is 2.88. The number of aromatic nitrogens is 3. The van der Waals surface area contributed by atoms with Crippen molar-refractivity contribution in [2.24, 2.45) is 0 Å². The molecule has 2 rings (SSSR count). The number of methoxy groups -OCH3 is 1. The Kier molecular flexibility index (Phi) is 3.37. The zero-order valence-corrected chi connectivity index (χ0v) is 9.58. The van der Waals surface area contributed by atoms with Crippen molar-refractivity contribution in [3.05, 3.63) is 40.2 Å². The molecule has 0 saturated heterocycles. The van der Waals surface area contributed by atoms with Crippen molar-refractivity contribution in [3.8, 4) is 5.88 Å². The smallest absolute Gasteiger partial charge is 0.311 e. The number of H-pyrrole nitrogens is 1. The molecule has 2 aromatic rings. The van der Waals surface area contributed by atoms with Gasteiger partial charge in [0.1, 0.15) is 0 Å². The maximum atomic E-state index is 10.8. The molecule has 0 aromatic carbocycles. The molecule has 2 heterocycles. The van der Waals surface area contributed by atoms with Gasteiger partial charge in [0.05, 0.1) is 24.3 Å². The lowest BCUT2D eigenvalue weighted by atomic mass is 10.3. The molecular formula is C10H11N5O3. The quantitative estimate of drug-likeness (QED) is 0.611. The Morgan fingerprint density at radius 3 is 2.94 bits per heavy atom. The maximum absolute atomic E-state index is 10.8. The number of hydrogen-bond acceptors (Lipinski definition) is 6. The van der Waals surface area contributed by atoms with Crippen molar-refractivity contribution >= 4 is 11.5 Å². The van der Waals surface area contributed by atoms with Crippen molar-refractivity contribution in [1.29, 1.82) is 0 Å². The van der Waals surface area contributed by atoms with E-state index in [1.54, 1.807) is 12.3 Å². The van der Waals surface area contributed by atoms with Gasteiger partial charge in [-0.3, -0.25) is 15.2 Å². The van der Waals surface area contributed by atoms with Crippen LogP contribution in [0.5, 0.6) is 5.88 Å². The monoisotopic (exact) mass is 249 g/mol. The maximum Gasteiger partial charge on any atom is 0.311 e. The molecule has 8 heteroatoms. The molecular weight excluding hydrogens is 238 g/mol. The number of anilines is 1. The minimum atomic E-state index is -0.498. The van der Waals surface area contributed by atoms with Crippen LogP contribution in [0.25, 0.3) is 0 Å². The molecule has 2 aromatic heterocycles. The van der Waals surface area contributed by atoms with E-state index in [9.17, 15) is 10.1 Å². The number of nitrogens with one attached hydrogen (secondary N) is 2. The third-order valence-electron chi connectivity index (χ3n) is 2.26. The second-order valence-corrected chi connectivity index (χ2v) is 3.41. The minimum absolute atomic E-state index is 0.102. The minimum Gasteiger partial charge on any atom is -0.481 e. The van der Waals surface area contributed by atoms with Gasteiger partial charge in [0.25, 0.3) is 0 Å². The van der Waals surface area contributed by atoms with E-state index < -0.39 is 4.92 Å². The first-order valence-corrected chi connectivity index (χ1v) is 5.12. The molecule has 0 aliphatic rings. The number of rotatable bonds is 5. The number of nitro groups is 1. The molecule has 94 valence electrons. The van der Waals surface area contributed by atoms with Crippen molar-refractivity contribution in [2.75, 3.05) is 12.4 Å². The topological polar surface area (TPSA) is 106 Å². The first-order valence-electron chi connectivity index (χ1n) is 5.12. The molecule has 0 fully saturated rings. The summed E-state index contributed by atoms with van der Waals surface area (Å²) in [7, 11) is 1.45. The molecule has 0 spiro atoms. The second-order valence-electron chi connectivity index (χ2n) is 3.41. The van der Waals surface area contributed by atoms with Gasteiger partial charge in [0.2, 0.25) is 11.7 Å². The molecule has 0 aliphatic heterocycles. The van der Waals surface area contributed by atoms with Crippen LogP contribution in [0.2, 0.25) is 0 Å². The molecule has 0 amide bonds. The van der Waals surface area contributed by atoms with Crippen LogP contribution in [0.4, 0.5) is 11.5 Å². The van der Waals surface area contributed by atoms with E-state index in [0.717, 1.165) is 5.69 Å². The highest BCUT2D eigenvalue weighted by molar-refractivity contribution is 5.57. The molecule has 0 saturated carbocycles. The lowest BCUT2D eigenvalue weighted by molar-refractivity contribution is -0.384. The Hall–Kier alpha value is -2.64. The Bertz CT molecular complexity index is 540. The predicted octanol–water partition coefficient (Wildman–Crippen LogP) is 1.33. The summed E-state index contributed by atoms with van der Waals surface area (Å²) >= 11 is 0. The molecule has 8 nitrogen and oxygen atoms in total. The van der Waals surface area contributed by atoms with Gasteiger partial charge in [-0.1, -0.05) is 0 Å². The third-order valence-corrected chi connectivity index (χ3v) is 2.26. The first kappa shape index (κ1) is 11.8. The zero-order valence-electron chi connectivity index (χ0n) is 9.58. The summed E-state index contributed by atoms with van der Waals surface area (Å²) in [4.78, 5) is 14.4. The van der Waals surface area contributed by atoms with E-state index in [4.69, 9.17) is 4.74 Å². The lowest BCUT2D eigenvalue weighted by Crippen LogP contribution is -2.05. The standard InChI is InChI=1S/C10H11N5O3/c1-18-9-3-2-8(15(16)17)10(13-9)11-6-7-4-5-12-14-7/h2-5H,6H2,1H3,(H,11,13)(H,12,14). The zero-order chi connectivity index (χ0) is 13.0. The molecule has 0 unspecified atom stereocenters. The molecule has 18 heavy (non-hydrogen) atoms. The van der Waals surface area contributed by atoms with Gasteiger partial charge in [-0.25, -0.2) is 0 Å². The van der Waals surface area contributed by atoms with Crippen molar-refractivity contribution in [2.45, 2.75) is 6.54 Å². The van der Waals surface area contributed by atoms with Gasteiger partial charge >= 0.3 is 5.69 Å². The van der Waals surface area contributed by atoms with E-state index in [-0.39, 0.29) is 11.5 Å². The summed E-state index contributed by atoms with van der Waals surface area (Å²) in [5.74, 6) is 0.474. The van der Waals surface area contributed by atoms with Crippen LogP contribution in [0.1, 0.15) is 5.69 Å². The molecule has 0 radical (unpaired) electrons. The molecule has 2 N–H and O–H groups in total. The summed E-state index contributed by atoms with van der Waals surface area (Å²) in [5, 5.41) is 20.2. The van der Waals surface area contributed by atoms with Crippen LogP contribution in [0.15, 0.2) is 24.4 Å². The Labute approximate surface area is 102 Å². The fraction of sp³-hybridized carbons (Fsp3) is 0.200. The van der Waals surface area contributed by atoms with Crippen molar-refractivity contribution in [3.63, 3.8) is 0 Å². The second kappa shape index (κ2) is 5.13. The number of aromatic amines is 1. The van der Waals surface area contributed by atoms with Gasteiger partial charge in [-0.05, 0) is 6.07 Å². The van der Waals surface area contributed by atoms with Crippen LogP contribution in [-0.2, 0) is 6.54 Å². The fourth-order valence-corrected chi connectivity index (χ4v) is 1.39. The number of ether oxygens (including phenoxy) is 1. The van der Waals surface area contributed by atoms with E-state index in [0.29, 0.717) is 12.4 Å². The fourth-order valence-electron chi connectivity index (χ4n) is 1.39. The highest BCUT2D eigenvalue weighted by atomic mass is 16.6. The van der Waals surface area contributed by atoms with Gasteiger partial charge in [-0.2, -0.15) is 10.1 Å². The van der Waals surface area contributed by atoms with Crippen LogP contribution in [0, 0.1) is 10.1 Å². The van der Waals surface area contributed by atoms with Gasteiger partial charge < -0.3 is 10.1 Å². The summed E-state index contributed by atoms with van der Waals surface area (Å²) in [6.07, 6.45) is 1.60. The first-order chi connectivity index (χ1) is 8.70. The summed E-state index contributed by atoms with van der Waals surface area (Å²) in [6, 6.07) is 4.56. The SMILES string of the molecule is COc1ccc([N+](=O)[O-])c(NCc2ccn[nH]2)n1. The van der Waals surface area contributed by atoms with E-state index in [1.165, 1.54) is 19.2 Å². The number of hydrogen-bond donors (Lipinski definition) is 2. The van der Waals surface area contributed by atoms with Crippen molar-refractivity contribution < 1.29 is 9.66 Å². The van der Waals surface area contributed by atoms with Crippen molar-refractivity contribution in [1.82, 2.24) is 15.2 Å². The Morgan fingerprint density at radius 2 is 2.33 bits per heavy atom. The van der Waals surface area contributed by atoms with Gasteiger partial charge in [0, 0.05) is 18.3 Å². The van der Waals surface area contributed by atoms with E-state index in [1.807, 2.05) is 0 Å². The number of pyridine rings is 1. The highest BCUT2D eigenvalue weighted by Gasteiger charge is 2.16. The lowest BCUT2D eigenvalue weighted by Gasteiger charge is -2.06.